The lowest BCUT2D eigenvalue weighted by Crippen LogP contribution is -2.14. The molecule has 128 valence electrons. The molecule has 0 unspecified atom stereocenters. The molecule has 0 saturated carbocycles. The van der Waals surface area contributed by atoms with Gasteiger partial charge in [0.1, 0.15) is 0 Å². The first-order chi connectivity index (χ1) is 12.2. The largest absolute Gasteiger partial charge is 0.325 e. The molecule has 6 heteroatoms. The number of anilines is 1. The van der Waals surface area contributed by atoms with E-state index in [1.807, 2.05) is 60.1 Å². The third-order valence-corrected chi connectivity index (χ3v) is 4.84. The van der Waals surface area contributed by atoms with Crippen molar-refractivity contribution >= 4 is 23.4 Å². The Hall–Kier alpha value is -2.60. The van der Waals surface area contributed by atoms with E-state index < -0.39 is 0 Å². The summed E-state index contributed by atoms with van der Waals surface area (Å²) in [5.74, 6) is 1.03. The lowest BCUT2D eigenvalue weighted by molar-refractivity contribution is -0.113. The predicted octanol–water partition coefficient (Wildman–Crippen LogP) is 3.78. The second kappa shape index (κ2) is 7.98. The summed E-state index contributed by atoms with van der Waals surface area (Å²) in [7, 11) is 1.91. The molecule has 1 aromatic heterocycles. The Labute approximate surface area is 151 Å². The summed E-state index contributed by atoms with van der Waals surface area (Å²) in [4.78, 5) is 12.2. The third-order valence-electron chi connectivity index (χ3n) is 3.82. The van der Waals surface area contributed by atoms with Crippen LogP contribution in [0.4, 0.5) is 5.69 Å². The highest BCUT2D eigenvalue weighted by atomic mass is 32.2. The van der Waals surface area contributed by atoms with Gasteiger partial charge in [-0.1, -0.05) is 61.2 Å². The highest BCUT2D eigenvalue weighted by Gasteiger charge is 2.12. The Morgan fingerprint density at radius 1 is 1.12 bits per heavy atom. The topological polar surface area (TPSA) is 59.8 Å². The molecule has 0 radical (unpaired) electrons. The monoisotopic (exact) mass is 352 g/mol. The van der Waals surface area contributed by atoms with E-state index in [0.717, 1.165) is 28.7 Å². The number of rotatable bonds is 6. The van der Waals surface area contributed by atoms with Gasteiger partial charge in [0, 0.05) is 18.3 Å². The number of hydrogen-bond acceptors (Lipinski definition) is 4. The van der Waals surface area contributed by atoms with Crippen molar-refractivity contribution in [3.8, 4) is 11.4 Å². The molecule has 0 aliphatic heterocycles. The fourth-order valence-electron chi connectivity index (χ4n) is 2.48. The van der Waals surface area contributed by atoms with E-state index in [1.54, 1.807) is 0 Å². The molecule has 1 amide bonds. The number of carbonyl (C=O) groups is 1. The molecule has 0 bridgehead atoms. The summed E-state index contributed by atoms with van der Waals surface area (Å²) < 4.78 is 1.91. The highest BCUT2D eigenvalue weighted by molar-refractivity contribution is 7.99. The van der Waals surface area contributed by atoms with E-state index in [-0.39, 0.29) is 11.7 Å². The number of aromatic nitrogens is 3. The number of hydrogen-bond donors (Lipinski definition) is 1. The van der Waals surface area contributed by atoms with Gasteiger partial charge in [-0.25, -0.2) is 0 Å². The average Bonchev–Trinajstić information content (AvgIpc) is 3.01. The van der Waals surface area contributed by atoms with E-state index in [0.29, 0.717) is 0 Å². The van der Waals surface area contributed by atoms with E-state index >= 15 is 0 Å². The standard InChI is InChI=1S/C19H20N4OS/c1-3-14-8-7-11-16(12-14)20-17(24)13-25-19-22-21-18(23(19)2)15-9-5-4-6-10-15/h4-12H,3,13H2,1-2H3,(H,20,24). The average molecular weight is 352 g/mol. The van der Waals surface area contributed by atoms with Gasteiger partial charge >= 0.3 is 0 Å². The first kappa shape index (κ1) is 17.2. The van der Waals surface area contributed by atoms with Gasteiger partial charge in [-0.3, -0.25) is 4.79 Å². The molecule has 1 N–H and O–H groups in total. The van der Waals surface area contributed by atoms with Crippen molar-refractivity contribution in [1.29, 1.82) is 0 Å². The maximum absolute atomic E-state index is 12.2. The van der Waals surface area contributed by atoms with Gasteiger partial charge in [-0.15, -0.1) is 10.2 Å². The van der Waals surface area contributed by atoms with Crippen LogP contribution in [0.5, 0.6) is 0 Å². The van der Waals surface area contributed by atoms with Crippen LogP contribution in [0.1, 0.15) is 12.5 Å². The van der Waals surface area contributed by atoms with Crippen molar-refractivity contribution in [3.63, 3.8) is 0 Å². The minimum Gasteiger partial charge on any atom is -0.325 e. The first-order valence-electron chi connectivity index (χ1n) is 8.13. The SMILES string of the molecule is CCc1cccc(NC(=O)CSc2nnc(-c3ccccc3)n2C)c1. The Morgan fingerprint density at radius 2 is 1.92 bits per heavy atom. The smallest absolute Gasteiger partial charge is 0.234 e. The van der Waals surface area contributed by atoms with Crippen molar-refractivity contribution in [2.24, 2.45) is 7.05 Å². The summed E-state index contributed by atoms with van der Waals surface area (Å²) in [5, 5.41) is 12.1. The van der Waals surface area contributed by atoms with Crippen molar-refractivity contribution in [1.82, 2.24) is 14.8 Å². The Bertz CT molecular complexity index is 861. The Balaban J connectivity index is 1.62. The van der Waals surface area contributed by atoms with Crippen LogP contribution in [0.25, 0.3) is 11.4 Å². The van der Waals surface area contributed by atoms with Crippen molar-refractivity contribution in [3.05, 3.63) is 60.2 Å². The molecule has 0 fully saturated rings. The molecule has 3 aromatic rings. The minimum atomic E-state index is -0.0532. The normalized spacial score (nSPS) is 10.6. The van der Waals surface area contributed by atoms with E-state index in [2.05, 4.69) is 28.5 Å². The van der Waals surface area contributed by atoms with Gasteiger partial charge < -0.3 is 9.88 Å². The number of benzene rings is 2. The number of nitrogens with zero attached hydrogens (tertiary/aromatic N) is 3. The van der Waals surface area contributed by atoms with Crippen LogP contribution < -0.4 is 5.32 Å². The van der Waals surface area contributed by atoms with Crippen LogP contribution >= 0.6 is 11.8 Å². The zero-order chi connectivity index (χ0) is 17.6. The molecule has 2 aromatic carbocycles. The fourth-order valence-corrected chi connectivity index (χ4v) is 3.19. The molecule has 0 aliphatic carbocycles. The molecule has 25 heavy (non-hydrogen) atoms. The summed E-state index contributed by atoms with van der Waals surface area (Å²) in [6.45, 7) is 2.09. The first-order valence-corrected chi connectivity index (χ1v) is 9.12. The zero-order valence-electron chi connectivity index (χ0n) is 14.3. The van der Waals surface area contributed by atoms with Crippen LogP contribution in [0, 0.1) is 0 Å². The van der Waals surface area contributed by atoms with Gasteiger partial charge in [0.15, 0.2) is 11.0 Å². The molecule has 0 spiro atoms. The van der Waals surface area contributed by atoms with Crippen LogP contribution in [0.3, 0.4) is 0 Å². The van der Waals surface area contributed by atoms with Crippen molar-refractivity contribution < 1.29 is 4.79 Å². The van der Waals surface area contributed by atoms with Crippen LogP contribution in [-0.4, -0.2) is 26.4 Å². The van der Waals surface area contributed by atoms with E-state index in [9.17, 15) is 4.79 Å². The summed E-state index contributed by atoms with van der Waals surface area (Å²) in [5.41, 5.74) is 3.03. The number of amides is 1. The molecule has 0 saturated heterocycles. The molecule has 5 nitrogen and oxygen atoms in total. The van der Waals surface area contributed by atoms with E-state index in [1.165, 1.54) is 17.3 Å². The maximum atomic E-state index is 12.2. The molecular formula is C19H20N4OS. The van der Waals surface area contributed by atoms with Crippen LogP contribution in [-0.2, 0) is 18.3 Å². The summed E-state index contributed by atoms with van der Waals surface area (Å²) >= 11 is 1.38. The van der Waals surface area contributed by atoms with Gasteiger partial charge in [0.2, 0.25) is 5.91 Å². The number of aryl methyl sites for hydroxylation is 1. The van der Waals surface area contributed by atoms with Crippen molar-refractivity contribution in [2.45, 2.75) is 18.5 Å². The van der Waals surface area contributed by atoms with Gasteiger partial charge in [0.05, 0.1) is 5.75 Å². The fraction of sp³-hybridized carbons (Fsp3) is 0.211. The van der Waals surface area contributed by atoms with Gasteiger partial charge in [-0.2, -0.15) is 0 Å². The number of carbonyl (C=O) groups excluding carboxylic acids is 1. The quantitative estimate of drug-likeness (QED) is 0.686. The molecule has 1 heterocycles. The van der Waals surface area contributed by atoms with Crippen molar-refractivity contribution in [2.75, 3.05) is 11.1 Å². The molecular weight excluding hydrogens is 332 g/mol. The van der Waals surface area contributed by atoms with Gasteiger partial charge in [0.25, 0.3) is 0 Å². The third kappa shape index (κ3) is 4.28. The number of thioether (sulfide) groups is 1. The summed E-state index contributed by atoms with van der Waals surface area (Å²) in [6, 6.07) is 17.8. The highest BCUT2D eigenvalue weighted by Crippen LogP contribution is 2.22. The molecule has 0 atom stereocenters. The maximum Gasteiger partial charge on any atom is 0.234 e. The second-order valence-corrected chi connectivity index (χ2v) is 6.56. The molecule has 0 aliphatic rings. The Morgan fingerprint density at radius 3 is 2.68 bits per heavy atom. The predicted molar refractivity (Wildman–Crippen MR) is 102 cm³/mol. The zero-order valence-corrected chi connectivity index (χ0v) is 15.1. The molecule has 3 rings (SSSR count). The Kier molecular flexibility index (Phi) is 5.50. The summed E-state index contributed by atoms with van der Waals surface area (Å²) in [6.07, 6.45) is 0.944. The minimum absolute atomic E-state index is 0.0532. The lowest BCUT2D eigenvalue weighted by atomic mass is 10.1. The van der Waals surface area contributed by atoms with E-state index in [4.69, 9.17) is 0 Å². The lowest BCUT2D eigenvalue weighted by Gasteiger charge is -2.07. The van der Waals surface area contributed by atoms with Crippen LogP contribution in [0.15, 0.2) is 59.8 Å². The van der Waals surface area contributed by atoms with Gasteiger partial charge in [-0.05, 0) is 24.1 Å². The number of nitrogens with one attached hydrogen (secondary N) is 1. The second-order valence-electron chi connectivity index (χ2n) is 5.62. The van der Waals surface area contributed by atoms with Crippen LogP contribution in [0.2, 0.25) is 0 Å².